The van der Waals surface area contributed by atoms with Gasteiger partial charge in [0.2, 0.25) is 5.95 Å². The summed E-state index contributed by atoms with van der Waals surface area (Å²) in [7, 11) is 0. The van der Waals surface area contributed by atoms with Crippen molar-refractivity contribution in [3.63, 3.8) is 0 Å². The second kappa shape index (κ2) is 5.63. The van der Waals surface area contributed by atoms with Gasteiger partial charge in [0.15, 0.2) is 5.82 Å². The normalized spacial score (nSPS) is 27.1. The number of aromatic nitrogens is 1. The molecule has 1 aliphatic rings. The molecule has 3 atom stereocenters. The van der Waals surface area contributed by atoms with Gasteiger partial charge in [-0.05, 0) is 37.2 Å². The highest BCUT2D eigenvalue weighted by Gasteiger charge is 2.26. The van der Waals surface area contributed by atoms with Crippen LogP contribution in [-0.4, -0.2) is 16.9 Å². The van der Waals surface area contributed by atoms with Crippen LogP contribution in [0.1, 0.15) is 43.5 Å². The standard InChI is InChI=1S/C14H18F2N2O/c1-8-3-4-10(7-9(8)2)18-14(19)11-5-6-17-13(16)12(11)15/h5-6,8-10H,3-4,7H2,1-2H3,(H,18,19). The van der Waals surface area contributed by atoms with Crippen molar-refractivity contribution in [3.05, 3.63) is 29.6 Å². The second-order valence-electron chi connectivity index (χ2n) is 5.40. The quantitative estimate of drug-likeness (QED) is 0.838. The fourth-order valence-corrected chi connectivity index (χ4v) is 2.54. The molecule has 3 unspecified atom stereocenters. The second-order valence-corrected chi connectivity index (χ2v) is 5.40. The maximum atomic E-state index is 13.4. The zero-order valence-electron chi connectivity index (χ0n) is 11.1. The van der Waals surface area contributed by atoms with E-state index in [0.717, 1.165) is 25.5 Å². The molecule has 1 heterocycles. The first-order chi connectivity index (χ1) is 8.99. The molecule has 1 N–H and O–H groups in total. The van der Waals surface area contributed by atoms with Gasteiger partial charge in [0, 0.05) is 12.2 Å². The van der Waals surface area contributed by atoms with Crippen molar-refractivity contribution in [3.8, 4) is 0 Å². The van der Waals surface area contributed by atoms with Crippen LogP contribution in [0.25, 0.3) is 0 Å². The molecule has 0 radical (unpaired) electrons. The van der Waals surface area contributed by atoms with Crippen LogP contribution >= 0.6 is 0 Å². The molecule has 19 heavy (non-hydrogen) atoms. The maximum Gasteiger partial charge on any atom is 0.254 e. The summed E-state index contributed by atoms with van der Waals surface area (Å²) < 4.78 is 26.4. The highest BCUT2D eigenvalue weighted by Crippen LogP contribution is 2.29. The lowest BCUT2D eigenvalue weighted by molar-refractivity contribution is 0.0905. The van der Waals surface area contributed by atoms with E-state index in [1.54, 1.807) is 0 Å². The summed E-state index contributed by atoms with van der Waals surface area (Å²) in [5, 5.41) is 2.78. The van der Waals surface area contributed by atoms with Crippen molar-refractivity contribution in [2.24, 2.45) is 11.8 Å². The Hall–Kier alpha value is -1.52. The Morgan fingerprint density at radius 2 is 2.05 bits per heavy atom. The minimum atomic E-state index is -1.24. The van der Waals surface area contributed by atoms with E-state index in [0.29, 0.717) is 11.8 Å². The Kier molecular flexibility index (Phi) is 4.12. The first-order valence-electron chi connectivity index (χ1n) is 6.60. The van der Waals surface area contributed by atoms with E-state index in [1.165, 1.54) is 6.07 Å². The smallest absolute Gasteiger partial charge is 0.254 e. The number of hydrogen-bond donors (Lipinski definition) is 1. The minimum absolute atomic E-state index is 0.0364. The molecule has 1 fully saturated rings. The molecular formula is C14H18F2N2O. The van der Waals surface area contributed by atoms with Crippen LogP contribution in [0.5, 0.6) is 0 Å². The van der Waals surface area contributed by atoms with Gasteiger partial charge >= 0.3 is 0 Å². The van der Waals surface area contributed by atoms with Crippen molar-refractivity contribution < 1.29 is 13.6 Å². The van der Waals surface area contributed by atoms with Crippen molar-refractivity contribution in [2.75, 3.05) is 0 Å². The fourth-order valence-electron chi connectivity index (χ4n) is 2.54. The van der Waals surface area contributed by atoms with Gasteiger partial charge in [-0.3, -0.25) is 4.79 Å². The van der Waals surface area contributed by atoms with Crippen LogP contribution in [0.15, 0.2) is 12.3 Å². The fraction of sp³-hybridized carbons (Fsp3) is 0.571. The molecule has 104 valence electrons. The lowest BCUT2D eigenvalue weighted by Gasteiger charge is -2.32. The lowest BCUT2D eigenvalue weighted by atomic mass is 9.79. The van der Waals surface area contributed by atoms with Gasteiger partial charge in [-0.15, -0.1) is 0 Å². The Morgan fingerprint density at radius 3 is 2.74 bits per heavy atom. The van der Waals surface area contributed by atoms with Gasteiger partial charge < -0.3 is 5.32 Å². The predicted octanol–water partition coefficient (Wildman–Crippen LogP) is 2.91. The zero-order valence-corrected chi connectivity index (χ0v) is 11.1. The highest BCUT2D eigenvalue weighted by atomic mass is 19.2. The van der Waals surface area contributed by atoms with Gasteiger partial charge in [0.1, 0.15) is 0 Å². The van der Waals surface area contributed by atoms with Crippen molar-refractivity contribution in [2.45, 2.75) is 39.2 Å². The molecule has 1 aromatic rings. The molecule has 1 saturated carbocycles. The predicted molar refractivity (Wildman–Crippen MR) is 67.6 cm³/mol. The largest absolute Gasteiger partial charge is 0.349 e. The van der Waals surface area contributed by atoms with Gasteiger partial charge in [0.05, 0.1) is 5.56 Å². The van der Waals surface area contributed by atoms with Gasteiger partial charge in [0.25, 0.3) is 5.91 Å². The lowest BCUT2D eigenvalue weighted by Crippen LogP contribution is -2.40. The maximum absolute atomic E-state index is 13.4. The number of nitrogens with one attached hydrogen (secondary N) is 1. The average molecular weight is 268 g/mol. The molecule has 0 saturated heterocycles. The Morgan fingerprint density at radius 1 is 1.32 bits per heavy atom. The van der Waals surface area contributed by atoms with Crippen molar-refractivity contribution >= 4 is 5.91 Å². The third-order valence-electron chi connectivity index (χ3n) is 4.02. The minimum Gasteiger partial charge on any atom is -0.349 e. The number of halogens is 2. The van der Waals surface area contributed by atoms with E-state index >= 15 is 0 Å². The molecular weight excluding hydrogens is 250 g/mol. The molecule has 0 spiro atoms. The molecule has 1 aliphatic carbocycles. The SMILES string of the molecule is CC1CCC(NC(=O)c2ccnc(F)c2F)CC1C. The Bertz CT molecular complexity index is 479. The van der Waals surface area contributed by atoms with E-state index < -0.39 is 17.7 Å². The number of pyridine rings is 1. The van der Waals surface area contributed by atoms with E-state index in [4.69, 9.17) is 0 Å². The number of carbonyl (C=O) groups is 1. The number of nitrogens with zero attached hydrogens (tertiary/aromatic N) is 1. The Balaban J connectivity index is 2.03. The van der Waals surface area contributed by atoms with Crippen LogP contribution in [0.3, 0.4) is 0 Å². The van der Waals surface area contributed by atoms with Gasteiger partial charge in [-0.1, -0.05) is 13.8 Å². The molecule has 2 rings (SSSR count). The molecule has 3 nitrogen and oxygen atoms in total. The molecule has 1 amide bonds. The molecule has 0 aromatic carbocycles. The third-order valence-corrected chi connectivity index (χ3v) is 4.02. The zero-order chi connectivity index (χ0) is 14.0. The summed E-state index contributed by atoms with van der Waals surface area (Å²) in [6.07, 6.45) is 3.90. The first kappa shape index (κ1) is 13.9. The summed E-state index contributed by atoms with van der Waals surface area (Å²) in [4.78, 5) is 15.1. The van der Waals surface area contributed by atoms with E-state index in [2.05, 4.69) is 24.1 Å². The summed E-state index contributed by atoms with van der Waals surface area (Å²) in [6.45, 7) is 4.34. The number of amides is 1. The number of rotatable bonds is 2. The topological polar surface area (TPSA) is 42.0 Å². The Labute approximate surface area is 111 Å². The van der Waals surface area contributed by atoms with Crippen LogP contribution in [0.4, 0.5) is 8.78 Å². The highest BCUT2D eigenvalue weighted by molar-refractivity contribution is 5.94. The summed E-state index contributed by atoms with van der Waals surface area (Å²) in [6, 6.07) is 1.23. The first-order valence-corrected chi connectivity index (χ1v) is 6.60. The van der Waals surface area contributed by atoms with Crippen LogP contribution < -0.4 is 5.32 Å². The van der Waals surface area contributed by atoms with Crippen molar-refractivity contribution in [1.82, 2.24) is 10.3 Å². The molecule has 1 aromatic heterocycles. The van der Waals surface area contributed by atoms with E-state index in [9.17, 15) is 13.6 Å². The van der Waals surface area contributed by atoms with E-state index in [-0.39, 0.29) is 11.6 Å². The van der Waals surface area contributed by atoms with E-state index in [1.807, 2.05) is 0 Å². The monoisotopic (exact) mass is 268 g/mol. The molecule has 0 aliphatic heterocycles. The van der Waals surface area contributed by atoms with Crippen LogP contribution in [0.2, 0.25) is 0 Å². The van der Waals surface area contributed by atoms with Gasteiger partial charge in [-0.25, -0.2) is 9.37 Å². The summed E-state index contributed by atoms with van der Waals surface area (Å²) in [5.74, 6) is -1.82. The number of carbonyl (C=O) groups excluding carboxylic acids is 1. The molecule has 5 heteroatoms. The van der Waals surface area contributed by atoms with Crippen molar-refractivity contribution in [1.29, 1.82) is 0 Å². The summed E-state index contributed by atoms with van der Waals surface area (Å²) in [5.41, 5.74) is -0.279. The summed E-state index contributed by atoms with van der Waals surface area (Å²) >= 11 is 0. The third kappa shape index (κ3) is 3.08. The van der Waals surface area contributed by atoms with Crippen LogP contribution in [0, 0.1) is 23.6 Å². The average Bonchev–Trinajstić information content (AvgIpc) is 2.37. The number of hydrogen-bond acceptors (Lipinski definition) is 2. The van der Waals surface area contributed by atoms with Crippen LogP contribution in [-0.2, 0) is 0 Å². The van der Waals surface area contributed by atoms with Gasteiger partial charge in [-0.2, -0.15) is 4.39 Å². The molecule has 0 bridgehead atoms.